The van der Waals surface area contributed by atoms with E-state index in [2.05, 4.69) is 32.7 Å². The van der Waals surface area contributed by atoms with Crippen molar-refractivity contribution < 1.29 is 19.3 Å². The van der Waals surface area contributed by atoms with Crippen LogP contribution < -0.4 is 0 Å². The van der Waals surface area contributed by atoms with Crippen LogP contribution in [0.5, 0.6) is 0 Å². The Morgan fingerprint density at radius 2 is 2.00 bits per heavy atom. The van der Waals surface area contributed by atoms with Gasteiger partial charge >= 0.3 is 0 Å². The van der Waals surface area contributed by atoms with Gasteiger partial charge in [-0.1, -0.05) is 26.7 Å². The van der Waals surface area contributed by atoms with Gasteiger partial charge in [-0.25, -0.2) is 4.99 Å². The first-order valence-electron chi connectivity index (χ1n) is 8.82. The minimum atomic E-state index is -0.402. The normalized spacial score (nSPS) is 33.0. The van der Waals surface area contributed by atoms with Crippen molar-refractivity contribution in [2.24, 2.45) is 4.99 Å². The van der Waals surface area contributed by atoms with E-state index in [4.69, 9.17) is 19.3 Å². The minimum absolute atomic E-state index is 0.105. The van der Waals surface area contributed by atoms with E-state index in [1.54, 1.807) is 0 Å². The zero-order valence-electron chi connectivity index (χ0n) is 15.1. The number of aliphatic hydroxyl groups excluding tert-OH is 1. The highest BCUT2D eigenvalue weighted by Crippen LogP contribution is 2.36. The van der Waals surface area contributed by atoms with Crippen molar-refractivity contribution in [3.05, 3.63) is 0 Å². The molecule has 0 aromatic carbocycles. The topological polar surface area (TPSA) is 63.5 Å². The number of ether oxygens (including phenoxy) is 3. The number of amidine groups is 1. The molecule has 0 aromatic rings. The van der Waals surface area contributed by atoms with Crippen LogP contribution in [0.4, 0.5) is 0 Å². The Hall–Kier alpha value is -0.850. The van der Waals surface area contributed by atoms with Gasteiger partial charge in [0.2, 0.25) is 0 Å². The molecule has 4 atom stereocenters. The first kappa shape index (κ1) is 18.5. The van der Waals surface area contributed by atoms with Crippen molar-refractivity contribution in [3.63, 3.8) is 0 Å². The van der Waals surface area contributed by atoms with Gasteiger partial charge in [-0.3, -0.25) is 0 Å². The summed E-state index contributed by atoms with van der Waals surface area (Å²) < 4.78 is 18.4. The van der Waals surface area contributed by atoms with E-state index >= 15 is 0 Å². The second kappa shape index (κ2) is 7.81. The minimum Gasteiger partial charge on any atom is -0.454 e. The first-order chi connectivity index (χ1) is 10.9. The first-order valence-corrected chi connectivity index (χ1v) is 8.82. The molecule has 2 aliphatic heterocycles. The Balaban J connectivity index is 2.15. The summed E-state index contributed by atoms with van der Waals surface area (Å²) in [6.07, 6.45) is 4.52. The standard InChI is InChI=1S/C17H32N2O4/c1-6-8-17(4,9-7-2)23-15-14-13(10-12(3)21-15)19(5)16(22-14)18-11-20/h12-15,20H,6-11H2,1-5H3/b18-16-/t12?,13?,14-,15+/m1/s1. The summed E-state index contributed by atoms with van der Waals surface area (Å²) in [4.78, 5) is 6.02. The molecular formula is C17H32N2O4. The van der Waals surface area contributed by atoms with E-state index in [1.165, 1.54) is 0 Å². The summed E-state index contributed by atoms with van der Waals surface area (Å²) in [5.41, 5.74) is -0.200. The molecule has 2 heterocycles. The van der Waals surface area contributed by atoms with Gasteiger partial charge in [0.15, 0.2) is 12.4 Å². The maximum Gasteiger partial charge on any atom is 0.290 e. The van der Waals surface area contributed by atoms with Gasteiger partial charge in [0, 0.05) is 7.05 Å². The Labute approximate surface area is 139 Å². The fourth-order valence-electron chi connectivity index (χ4n) is 3.76. The molecule has 2 rings (SSSR count). The van der Waals surface area contributed by atoms with E-state index in [0.29, 0.717) is 6.02 Å². The van der Waals surface area contributed by atoms with Crippen LogP contribution in [-0.4, -0.2) is 59.9 Å². The molecule has 2 unspecified atom stereocenters. The number of aliphatic hydroxyl groups is 1. The molecule has 0 bridgehead atoms. The second-order valence-corrected chi connectivity index (χ2v) is 6.96. The van der Waals surface area contributed by atoms with Gasteiger partial charge in [-0.05, 0) is 33.1 Å². The van der Waals surface area contributed by atoms with Crippen LogP contribution in [0.2, 0.25) is 0 Å². The largest absolute Gasteiger partial charge is 0.454 e. The average Bonchev–Trinajstić information content (AvgIpc) is 2.77. The van der Waals surface area contributed by atoms with Crippen LogP contribution in [0.25, 0.3) is 0 Å². The molecule has 6 nitrogen and oxygen atoms in total. The lowest BCUT2D eigenvalue weighted by Crippen LogP contribution is -2.52. The number of fused-ring (bicyclic) bond motifs is 1. The third-order valence-corrected chi connectivity index (χ3v) is 4.79. The molecule has 0 aliphatic carbocycles. The number of hydrogen-bond donors (Lipinski definition) is 1. The highest BCUT2D eigenvalue weighted by molar-refractivity contribution is 5.76. The van der Waals surface area contributed by atoms with Gasteiger partial charge in [0.25, 0.3) is 6.02 Å². The van der Waals surface area contributed by atoms with Crippen LogP contribution in [0.1, 0.15) is 59.8 Å². The molecule has 0 radical (unpaired) electrons. The smallest absolute Gasteiger partial charge is 0.290 e. The molecule has 134 valence electrons. The number of aliphatic imine (C=N–C) groups is 1. The summed E-state index contributed by atoms with van der Waals surface area (Å²) in [5.74, 6) is 0. The summed E-state index contributed by atoms with van der Waals surface area (Å²) in [5, 5.41) is 9.07. The van der Waals surface area contributed by atoms with E-state index in [0.717, 1.165) is 32.1 Å². The van der Waals surface area contributed by atoms with Gasteiger partial charge < -0.3 is 24.2 Å². The number of likely N-dealkylation sites (N-methyl/N-ethyl adjacent to an activating group) is 1. The monoisotopic (exact) mass is 328 g/mol. The Morgan fingerprint density at radius 1 is 1.35 bits per heavy atom. The van der Waals surface area contributed by atoms with E-state index in [9.17, 15) is 0 Å². The summed E-state index contributed by atoms with van der Waals surface area (Å²) >= 11 is 0. The number of hydrogen-bond acceptors (Lipinski definition) is 5. The highest BCUT2D eigenvalue weighted by Gasteiger charge is 2.50. The quantitative estimate of drug-likeness (QED) is 0.778. The lowest BCUT2D eigenvalue weighted by Gasteiger charge is -2.41. The molecule has 2 aliphatic rings. The zero-order valence-corrected chi connectivity index (χ0v) is 15.1. The predicted octanol–water partition coefficient (Wildman–Crippen LogP) is 2.50. The Kier molecular flexibility index (Phi) is 6.28. The summed E-state index contributed by atoms with van der Waals surface area (Å²) in [6.45, 7) is 8.31. The van der Waals surface area contributed by atoms with Crippen molar-refractivity contribution in [1.29, 1.82) is 0 Å². The van der Waals surface area contributed by atoms with Crippen molar-refractivity contribution in [1.82, 2.24) is 4.90 Å². The fraction of sp³-hybridized carbons (Fsp3) is 0.941. The average molecular weight is 328 g/mol. The third-order valence-electron chi connectivity index (χ3n) is 4.79. The van der Waals surface area contributed by atoms with Crippen molar-refractivity contribution in [2.45, 2.75) is 89.9 Å². The van der Waals surface area contributed by atoms with Gasteiger partial charge in [-0.15, -0.1) is 0 Å². The molecule has 0 amide bonds. The number of rotatable bonds is 7. The highest BCUT2D eigenvalue weighted by atomic mass is 16.7. The maximum atomic E-state index is 9.07. The second-order valence-electron chi connectivity index (χ2n) is 6.96. The SMILES string of the molecule is CCCC(C)(CCC)O[C@@H]1OC(C)CC2[C@H]1O/C(=N\CO)N2C. The van der Waals surface area contributed by atoms with Gasteiger partial charge in [-0.2, -0.15) is 0 Å². The fourth-order valence-corrected chi connectivity index (χ4v) is 3.76. The lowest BCUT2D eigenvalue weighted by molar-refractivity contribution is -0.276. The van der Waals surface area contributed by atoms with Crippen LogP contribution >= 0.6 is 0 Å². The zero-order chi connectivity index (χ0) is 17.0. The third kappa shape index (κ3) is 4.17. The predicted molar refractivity (Wildman–Crippen MR) is 89.2 cm³/mol. The molecule has 6 heteroatoms. The van der Waals surface area contributed by atoms with Crippen LogP contribution in [0, 0.1) is 0 Å². The van der Waals surface area contributed by atoms with Crippen molar-refractivity contribution in [3.8, 4) is 0 Å². The molecule has 2 fully saturated rings. The van der Waals surface area contributed by atoms with Crippen molar-refractivity contribution >= 4 is 6.02 Å². The number of nitrogens with zero attached hydrogens (tertiary/aromatic N) is 2. The lowest BCUT2D eigenvalue weighted by atomic mass is 9.93. The molecule has 2 saturated heterocycles. The molecule has 0 aromatic heterocycles. The van der Waals surface area contributed by atoms with Gasteiger partial charge in [0.1, 0.15) is 6.73 Å². The van der Waals surface area contributed by atoms with Crippen LogP contribution in [-0.2, 0) is 14.2 Å². The molecule has 1 N–H and O–H groups in total. The van der Waals surface area contributed by atoms with Crippen molar-refractivity contribution in [2.75, 3.05) is 13.8 Å². The maximum absolute atomic E-state index is 9.07. The summed E-state index contributed by atoms with van der Waals surface area (Å²) in [6, 6.07) is 0.642. The molecule has 0 saturated carbocycles. The van der Waals surface area contributed by atoms with Crippen LogP contribution in [0.15, 0.2) is 4.99 Å². The molecule has 0 spiro atoms. The summed E-state index contributed by atoms with van der Waals surface area (Å²) in [7, 11) is 1.95. The van der Waals surface area contributed by atoms with E-state index < -0.39 is 6.29 Å². The van der Waals surface area contributed by atoms with Gasteiger partial charge in [0.05, 0.1) is 17.7 Å². The molecule has 23 heavy (non-hydrogen) atoms. The molecular weight excluding hydrogens is 296 g/mol. The Bertz CT molecular complexity index is 409. The Morgan fingerprint density at radius 3 is 2.57 bits per heavy atom. The van der Waals surface area contributed by atoms with E-state index in [-0.39, 0.29) is 30.6 Å². The van der Waals surface area contributed by atoms with Crippen LogP contribution in [0.3, 0.4) is 0 Å². The van der Waals surface area contributed by atoms with E-state index in [1.807, 2.05) is 11.9 Å².